The Morgan fingerprint density at radius 3 is 2.58 bits per heavy atom. The predicted octanol–water partition coefficient (Wildman–Crippen LogP) is 1.78. The summed E-state index contributed by atoms with van der Waals surface area (Å²) in [6, 6.07) is 0. The summed E-state index contributed by atoms with van der Waals surface area (Å²) in [5, 5.41) is 0. The molecule has 0 aromatic heterocycles. The maximum atomic E-state index is 11.4. The highest BCUT2D eigenvalue weighted by Crippen LogP contribution is 2.13. The molecule has 0 amide bonds. The number of hydrogen-bond donors (Lipinski definition) is 0. The van der Waals surface area contributed by atoms with Crippen LogP contribution in [0.1, 0.15) is 33.1 Å². The molecule has 0 fully saturated rings. The van der Waals surface area contributed by atoms with Crippen LogP contribution in [0.15, 0.2) is 0 Å². The molecule has 0 bridgehead atoms. The van der Waals surface area contributed by atoms with E-state index in [4.69, 9.17) is 11.2 Å². The van der Waals surface area contributed by atoms with E-state index in [1.165, 1.54) is 0 Å². The molecule has 0 rings (SSSR count). The number of terminal acetylenes is 1. The molecule has 0 atom stereocenters. The van der Waals surface area contributed by atoms with Crippen LogP contribution in [-0.4, -0.2) is 18.5 Å². The van der Waals surface area contributed by atoms with Crippen molar-refractivity contribution >= 4 is 5.78 Å². The number of methoxy groups -OCH3 is 1. The molecule has 0 unspecified atom stereocenters. The first-order valence-corrected chi connectivity index (χ1v) is 4.06. The fourth-order valence-corrected chi connectivity index (χ4v) is 0.766. The van der Waals surface area contributed by atoms with Gasteiger partial charge in [0, 0.05) is 20.0 Å². The van der Waals surface area contributed by atoms with E-state index in [-0.39, 0.29) is 5.78 Å². The van der Waals surface area contributed by atoms with E-state index in [1.807, 2.05) is 0 Å². The quantitative estimate of drug-likeness (QED) is 0.462. The van der Waals surface area contributed by atoms with Crippen LogP contribution >= 0.6 is 0 Å². The van der Waals surface area contributed by atoms with Gasteiger partial charge in [0.15, 0.2) is 5.78 Å². The largest absolute Gasteiger partial charge is 0.371 e. The molecule has 12 heavy (non-hydrogen) atoms. The van der Waals surface area contributed by atoms with Gasteiger partial charge in [-0.2, -0.15) is 0 Å². The summed E-state index contributed by atoms with van der Waals surface area (Å²) >= 11 is 0. The van der Waals surface area contributed by atoms with Crippen molar-refractivity contribution in [3.8, 4) is 12.3 Å². The number of ketones is 1. The molecule has 68 valence electrons. The molecular weight excluding hydrogens is 152 g/mol. The highest BCUT2D eigenvalue weighted by molar-refractivity contribution is 5.86. The summed E-state index contributed by atoms with van der Waals surface area (Å²) in [7, 11) is 1.54. The number of carbonyl (C=O) groups is 1. The van der Waals surface area contributed by atoms with E-state index < -0.39 is 5.60 Å². The maximum absolute atomic E-state index is 11.4. The van der Waals surface area contributed by atoms with E-state index >= 15 is 0 Å². The van der Waals surface area contributed by atoms with E-state index in [0.717, 1.165) is 6.42 Å². The monoisotopic (exact) mass is 168 g/mol. The lowest BCUT2D eigenvalue weighted by Gasteiger charge is -2.20. The number of unbranched alkanes of at least 4 members (excludes halogenated alkanes) is 1. The first-order valence-electron chi connectivity index (χ1n) is 4.06. The van der Waals surface area contributed by atoms with E-state index in [0.29, 0.717) is 12.8 Å². The predicted molar refractivity (Wildman–Crippen MR) is 48.8 cm³/mol. The van der Waals surface area contributed by atoms with Crippen molar-refractivity contribution in [2.75, 3.05) is 7.11 Å². The Morgan fingerprint density at radius 1 is 1.58 bits per heavy atom. The fraction of sp³-hybridized carbons (Fsp3) is 0.700. The highest BCUT2D eigenvalue weighted by atomic mass is 16.5. The van der Waals surface area contributed by atoms with Gasteiger partial charge in [0.25, 0.3) is 0 Å². The zero-order valence-corrected chi connectivity index (χ0v) is 8.02. The standard InChI is InChI=1S/C10H16O2/c1-5-6-7-8-9(11)10(2,3)12-4/h1H,6-8H2,2-4H3. The summed E-state index contributed by atoms with van der Waals surface area (Å²) in [4.78, 5) is 11.4. The molecule has 0 N–H and O–H groups in total. The van der Waals surface area contributed by atoms with Gasteiger partial charge in [-0.1, -0.05) is 0 Å². The lowest BCUT2D eigenvalue weighted by Crippen LogP contribution is -2.33. The summed E-state index contributed by atoms with van der Waals surface area (Å²) in [6.45, 7) is 3.54. The average molecular weight is 168 g/mol. The minimum absolute atomic E-state index is 0.111. The summed E-state index contributed by atoms with van der Waals surface area (Å²) in [5.74, 6) is 2.61. The Labute approximate surface area is 74.3 Å². The third-order valence-corrected chi connectivity index (χ3v) is 1.91. The second-order valence-electron chi connectivity index (χ2n) is 3.20. The molecule has 0 radical (unpaired) electrons. The molecule has 2 nitrogen and oxygen atoms in total. The smallest absolute Gasteiger partial charge is 0.164 e. The van der Waals surface area contributed by atoms with Crippen molar-refractivity contribution in [3.63, 3.8) is 0 Å². The number of hydrogen-bond acceptors (Lipinski definition) is 2. The van der Waals surface area contributed by atoms with Crippen molar-refractivity contribution in [3.05, 3.63) is 0 Å². The second kappa shape index (κ2) is 4.95. The Kier molecular flexibility index (Phi) is 4.61. The van der Waals surface area contributed by atoms with Gasteiger partial charge in [-0.3, -0.25) is 4.79 Å². The van der Waals surface area contributed by atoms with Gasteiger partial charge in [-0.05, 0) is 20.3 Å². The minimum Gasteiger partial charge on any atom is -0.371 e. The van der Waals surface area contributed by atoms with Gasteiger partial charge in [-0.25, -0.2) is 0 Å². The fourth-order valence-electron chi connectivity index (χ4n) is 0.766. The highest BCUT2D eigenvalue weighted by Gasteiger charge is 2.25. The van der Waals surface area contributed by atoms with Gasteiger partial charge < -0.3 is 4.74 Å². The molecule has 0 heterocycles. The van der Waals surface area contributed by atoms with Crippen molar-refractivity contribution in [2.24, 2.45) is 0 Å². The van der Waals surface area contributed by atoms with Crippen LogP contribution in [0, 0.1) is 12.3 Å². The molecular formula is C10H16O2. The lowest BCUT2D eigenvalue weighted by atomic mass is 9.99. The summed E-state index contributed by atoms with van der Waals surface area (Å²) in [5.41, 5.74) is -0.658. The zero-order chi connectivity index (χ0) is 9.61. The van der Waals surface area contributed by atoms with E-state index in [9.17, 15) is 4.79 Å². The number of carbonyl (C=O) groups excluding carboxylic acids is 1. The second-order valence-corrected chi connectivity index (χ2v) is 3.20. The van der Waals surface area contributed by atoms with Crippen molar-refractivity contribution in [1.29, 1.82) is 0 Å². The number of rotatable bonds is 5. The summed E-state index contributed by atoms with van der Waals surface area (Å²) in [6.07, 6.45) is 6.98. The molecule has 0 saturated carbocycles. The molecule has 0 aliphatic carbocycles. The molecule has 0 aliphatic rings. The molecule has 0 aliphatic heterocycles. The average Bonchev–Trinajstić information content (AvgIpc) is 2.05. The van der Waals surface area contributed by atoms with Crippen LogP contribution in [0.25, 0.3) is 0 Å². The first-order chi connectivity index (χ1) is 5.54. The van der Waals surface area contributed by atoms with Crippen LogP contribution < -0.4 is 0 Å². The van der Waals surface area contributed by atoms with Gasteiger partial charge in [0.1, 0.15) is 5.60 Å². The Bertz CT molecular complexity index is 187. The van der Waals surface area contributed by atoms with Crippen LogP contribution in [0.4, 0.5) is 0 Å². The zero-order valence-electron chi connectivity index (χ0n) is 8.02. The Balaban J connectivity index is 3.81. The molecule has 0 spiro atoms. The number of Topliss-reactive ketones (excluding diaryl/α,β-unsaturated/α-hetero) is 1. The SMILES string of the molecule is C#CCCCC(=O)C(C)(C)OC. The third kappa shape index (κ3) is 3.54. The molecule has 2 heteroatoms. The van der Waals surface area contributed by atoms with Crippen LogP contribution in [0.2, 0.25) is 0 Å². The van der Waals surface area contributed by atoms with E-state index in [2.05, 4.69) is 5.92 Å². The minimum atomic E-state index is -0.658. The molecule has 0 aromatic carbocycles. The topological polar surface area (TPSA) is 26.3 Å². The number of ether oxygens (including phenoxy) is 1. The lowest BCUT2D eigenvalue weighted by molar-refractivity contribution is -0.137. The van der Waals surface area contributed by atoms with Crippen molar-refractivity contribution in [1.82, 2.24) is 0 Å². The normalized spacial score (nSPS) is 10.8. The molecule has 0 saturated heterocycles. The van der Waals surface area contributed by atoms with Crippen LogP contribution in [0.5, 0.6) is 0 Å². The van der Waals surface area contributed by atoms with E-state index in [1.54, 1.807) is 21.0 Å². The van der Waals surface area contributed by atoms with Crippen molar-refractivity contribution in [2.45, 2.75) is 38.7 Å². The van der Waals surface area contributed by atoms with Crippen molar-refractivity contribution < 1.29 is 9.53 Å². The Morgan fingerprint density at radius 2 is 2.17 bits per heavy atom. The van der Waals surface area contributed by atoms with Gasteiger partial charge in [0.05, 0.1) is 0 Å². The van der Waals surface area contributed by atoms with Gasteiger partial charge in [-0.15, -0.1) is 12.3 Å². The summed E-state index contributed by atoms with van der Waals surface area (Å²) < 4.78 is 5.03. The van der Waals surface area contributed by atoms with Crippen LogP contribution in [-0.2, 0) is 9.53 Å². The van der Waals surface area contributed by atoms with Crippen LogP contribution in [0.3, 0.4) is 0 Å². The maximum Gasteiger partial charge on any atom is 0.164 e. The molecule has 0 aromatic rings. The third-order valence-electron chi connectivity index (χ3n) is 1.91. The van der Waals surface area contributed by atoms with Gasteiger partial charge >= 0.3 is 0 Å². The van der Waals surface area contributed by atoms with Gasteiger partial charge in [0.2, 0.25) is 0 Å². The first kappa shape index (κ1) is 11.2. The Hall–Kier alpha value is -0.810.